The van der Waals surface area contributed by atoms with Crippen LogP contribution in [0.3, 0.4) is 0 Å². The molecule has 0 radical (unpaired) electrons. The Labute approximate surface area is 341 Å². The highest BCUT2D eigenvalue weighted by Crippen LogP contribution is 2.40. The molecule has 15 heteroatoms. The van der Waals surface area contributed by atoms with Gasteiger partial charge in [0.1, 0.15) is 22.5 Å². The molecule has 3 amide bonds. The molecule has 1 N–H and O–H groups in total. The van der Waals surface area contributed by atoms with E-state index in [1.54, 1.807) is 56.2 Å². The Balaban J connectivity index is 1.15. The summed E-state index contributed by atoms with van der Waals surface area (Å²) < 4.78 is 12.2. The van der Waals surface area contributed by atoms with Crippen LogP contribution in [0, 0.1) is 32.6 Å². The smallest absolute Gasteiger partial charge is 0.408 e. The number of carbonyl (C=O) groups excluding carboxylic acids is 4. The van der Waals surface area contributed by atoms with E-state index in [4.69, 9.17) is 26.1 Å². The molecule has 298 valence electrons. The Morgan fingerprint density at radius 1 is 1.04 bits per heavy atom. The minimum Gasteiger partial charge on any atom is -0.465 e. The van der Waals surface area contributed by atoms with E-state index in [0.29, 0.717) is 47.9 Å². The molecule has 0 aliphatic carbocycles. The molecule has 6 rings (SSSR count). The van der Waals surface area contributed by atoms with Crippen LogP contribution in [0.25, 0.3) is 5.00 Å². The van der Waals surface area contributed by atoms with Crippen LogP contribution < -0.4 is 5.32 Å². The maximum absolute atomic E-state index is 14.0. The number of thiophene rings is 1. The Morgan fingerprint density at radius 2 is 1.74 bits per heavy atom. The SMILES string of the molecule is COC(=O)c1ccc(C(=O)N(C)C2CCN(C(=O)C[C@@H]3N=C(c4ccc(Cl)cc4)c4c(sc(C)c4C)-n4c(C)nnc43)CC2)cc1C#CCNC(=O)OC(C)(C)C. The number of nitrogens with one attached hydrogen (secondary N) is 1. The van der Waals surface area contributed by atoms with Crippen LogP contribution in [0.5, 0.6) is 0 Å². The Kier molecular flexibility index (Phi) is 12.2. The molecule has 0 saturated carbocycles. The quantitative estimate of drug-likeness (QED) is 0.162. The molecule has 2 aromatic heterocycles. The number of methoxy groups -OCH3 is 1. The van der Waals surface area contributed by atoms with Crippen LogP contribution in [-0.4, -0.2) is 99.6 Å². The Bertz CT molecular complexity index is 2310. The summed E-state index contributed by atoms with van der Waals surface area (Å²) >= 11 is 7.92. The average Bonchev–Trinajstić information content (AvgIpc) is 3.66. The van der Waals surface area contributed by atoms with Crippen molar-refractivity contribution >= 4 is 52.5 Å². The van der Waals surface area contributed by atoms with Gasteiger partial charge in [0.25, 0.3) is 5.91 Å². The fraction of sp³-hybridized carbons (Fsp3) is 0.405. The van der Waals surface area contributed by atoms with Crippen LogP contribution in [0.15, 0.2) is 47.5 Å². The van der Waals surface area contributed by atoms with Gasteiger partial charge in [-0.2, -0.15) is 0 Å². The van der Waals surface area contributed by atoms with Crippen molar-refractivity contribution in [1.82, 2.24) is 29.9 Å². The molecule has 2 aliphatic rings. The largest absolute Gasteiger partial charge is 0.465 e. The molecule has 1 saturated heterocycles. The molecule has 1 fully saturated rings. The molecule has 1 atom stereocenters. The van der Waals surface area contributed by atoms with E-state index < -0.39 is 23.7 Å². The van der Waals surface area contributed by atoms with E-state index in [2.05, 4.69) is 41.2 Å². The zero-order valence-corrected chi connectivity index (χ0v) is 34.9. The number of hydrogen-bond acceptors (Lipinski definition) is 10. The van der Waals surface area contributed by atoms with Gasteiger partial charge in [0, 0.05) is 58.3 Å². The monoisotopic (exact) mass is 811 g/mol. The molecule has 57 heavy (non-hydrogen) atoms. The van der Waals surface area contributed by atoms with E-state index in [0.717, 1.165) is 33.2 Å². The van der Waals surface area contributed by atoms with Gasteiger partial charge >= 0.3 is 12.1 Å². The third-order valence-electron chi connectivity index (χ3n) is 10.0. The molecule has 13 nitrogen and oxygen atoms in total. The van der Waals surface area contributed by atoms with Gasteiger partial charge in [-0.1, -0.05) is 35.6 Å². The zero-order chi connectivity index (χ0) is 41.2. The van der Waals surface area contributed by atoms with Crippen LogP contribution in [-0.2, 0) is 14.3 Å². The number of likely N-dealkylation sites (tertiary alicyclic amines) is 1. The van der Waals surface area contributed by atoms with Crippen molar-refractivity contribution in [2.24, 2.45) is 4.99 Å². The first-order valence-corrected chi connectivity index (χ1v) is 19.8. The van der Waals surface area contributed by atoms with Crippen LogP contribution in [0.4, 0.5) is 4.79 Å². The van der Waals surface area contributed by atoms with Gasteiger partial charge in [0.2, 0.25) is 5.91 Å². The number of halogens is 1. The summed E-state index contributed by atoms with van der Waals surface area (Å²) in [5.41, 5.74) is 3.98. The number of hydrogen-bond donors (Lipinski definition) is 1. The topological polar surface area (TPSA) is 148 Å². The van der Waals surface area contributed by atoms with Crippen molar-refractivity contribution in [2.75, 3.05) is 33.8 Å². The zero-order valence-electron chi connectivity index (χ0n) is 33.4. The number of ether oxygens (including phenoxy) is 2. The predicted octanol–water partition coefficient (Wildman–Crippen LogP) is 6.62. The lowest BCUT2D eigenvalue weighted by Gasteiger charge is -2.37. The highest BCUT2D eigenvalue weighted by molar-refractivity contribution is 7.15. The molecule has 2 aliphatic heterocycles. The highest BCUT2D eigenvalue weighted by Gasteiger charge is 2.35. The normalized spacial score (nSPS) is 15.3. The van der Waals surface area contributed by atoms with E-state index >= 15 is 0 Å². The number of aliphatic imine (C=N–C) groups is 1. The number of nitrogens with zero attached hydrogens (tertiary/aromatic N) is 6. The fourth-order valence-corrected chi connectivity index (χ4v) is 8.28. The number of esters is 1. The Morgan fingerprint density at radius 3 is 2.40 bits per heavy atom. The molecule has 4 heterocycles. The molecule has 0 unspecified atom stereocenters. The minimum absolute atomic E-state index is 0.0317. The summed E-state index contributed by atoms with van der Waals surface area (Å²) in [4.78, 5) is 62.3. The summed E-state index contributed by atoms with van der Waals surface area (Å²) in [6, 6.07) is 11.5. The summed E-state index contributed by atoms with van der Waals surface area (Å²) in [6.07, 6.45) is 0.635. The minimum atomic E-state index is -0.661. The van der Waals surface area contributed by atoms with Crippen molar-refractivity contribution in [3.05, 3.63) is 97.4 Å². The number of aromatic nitrogens is 3. The number of carbonyl (C=O) groups is 4. The summed E-state index contributed by atoms with van der Waals surface area (Å²) in [6.45, 7) is 12.2. The summed E-state index contributed by atoms with van der Waals surface area (Å²) in [7, 11) is 3.01. The molecular formula is C42H46ClN7O6S. The van der Waals surface area contributed by atoms with Crippen LogP contribution in [0.2, 0.25) is 5.02 Å². The number of piperidine rings is 1. The first-order chi connectivity index (χ1) is 27.1. The van der Waals surface area contributed by atoms with Gasteiger partial charge in [-0.15, -0.1) is 21.5 Å². The standard InChI is InChI=1S/C42H46ClN7O6S/c1-24-25(2)57-39-35(24)36(27-11-14-30(43)15-12-27)45-33(37-47-46-26(3)50(37)39)23-34(51)49-20-17-31(18-21-49)48(7)38(52)29-13-16-32(40(53)55-8)28(22-29)10-9-19-44-41(54)56-42(4,5)6/h11-16,22,31,33H,17-21,23H2,1-8H3,(H,44,54)/t33-/m0/s1. The number of rotatable bonds is 7. The molecular weight excluding hydrogens is 766 g/mol. The number of aryl methyl sites for hydroxylation is 2. The molecule has 0 bridgehead atoms. The fourth-order valence-electron chi connectivity index (χ4n) is 6.94. The van der Waals surface area contributed by atoms with Crippen molar-refractivity contribution < 1.29 is 28.7 Å². The van der Waals surface area contributed by atoms with Gasteiger partial charge in [0.15, 0.2) is 5.82 Å². The van der Waals surface area contributed by atoms with Gasteiger partial charge in [-0.05, 0) is 90.3 Å². The summed E-state index contributed by atoms with van der Waals surface area (Å²) in [5.74, 6) is 6.14. The third kappa shape index (κ3) is 9.05. The second-order valence-corrected chi connectivity index (χ2v) is 16.7. The lowest BCUT2D eigenvalue weighted by atomic mass is 9.99. The van der Waals surface area contributed by atoms with E-state index in [9.17, 15) is 19.2 Å². The third-order valence-corrected chi connectivity index (χ3v) is 11.5. The summed E-state index contributed by atoms with van der Waals surface area (Å²) in [5, 5.41) is 13.1. The molecule has 4 aromatic rings. The molecule has 0 spiro atoms. The van der Waals surface area contributed by atoms with Crippen molar-refractivity contribution in [3.63, 3.8) is 0 Å². The van der Waals surface area contributed by atoms with Gasteiger partial charge in [-0.25, -0.2) is 9.59 Å². The van der Waals surface area contributed by atoms with Crippen LogP contribution >= 0.6 is 22.9 Å². The second-order valence-electron chi connectivity index (χ2n) is 15.0. The van der Waals surface area contributed by atoms with Crippen LogP contribution in [0.1, 0.15) is 106 Å². The van der Waals surface area contributed by atoms with Crippen molar-refractivity contribution in [3.8, 4) is 16.8 Å². The van der Waals surface area contributed by atoms with Crippen molar-refractivity contribution in [2.45, 2.75) is 78.5 Å². The van der Waals surface area contributed by atoms with E-state index in [-0.39, 0.29) is 36.4 Å². The van der Waals surface area contributed by atoms with E-state index in [1.807, 2.05) is 40.7 Å². The maximum atomic E-state index is 14.0. The average molecular weight is 812 g/mol. The van der Waals surface area contributed by atoms with Gasteiger partial charge < -0.3 is 24.6 Å². The maximum Gasteiger partial charge on any atom is 0.408 e. The predicted molar refractivity (Wildman–Crippen MR) is 218 cm³/mol. The molecule has 2 aromatic carbocycles. The van der Waals surface area contributed by atoms with Gasteiger partial charge in [0.05, 0.1) is 31.4 Å². The number of amides is 3. The highest BCUT2D eigenvalue weighted by atomic mass is 35.5. The number of fused-ring (bicyclic) bond motifs is 3. The second kappa shape index (κ2) is 16.9. The van der Waals surface area contributed by atoms with Gasteiger partial charge in [-0.3, -0.25) is 19.1 Å². The Hall–Kier alpha value is -5.52. The lowest BCUT2D eigenvalue weighted by molar-refractivity contribution is -0.133. The first-order valence-electron chi connectivity index (χ1n) is 18.7. The first kappa shape index (κ1) is 41.1. The number of alkyl carbamates (subject to hydrolysis) is 1. The lowest BCUT2D eigenvalue weighted by Crippen LogP contribution is -2.47. The number of benzene rings is 2. The van der Waals surface area contributed by atoms with E-state index in [1.165, 1.54) is 18.1 Å². The van der Waals surface area contributed by atoms with Crippen molar-refractivity contribution in [1.29, 1.82) is 0 Å².